The number of hydrogen-bond donors (Lipinski definition) is 1. The molecule has 7 heteroatoms. The average Bonchev–Trinajstić information content (AvgIpc) is 2.88. The number of carbonyl (C=O) groups excluding carboxylic acids is 3. The number of carbonyl (C=O) groups is 3. The van der Waals surface area contributed by atoms with E-state index in [-0.39, 0.29) is 12.5 Å². The van der Waals surface area contributed by atoms with E-state index in [9.17, 15) is 18.8 Å². The molecule has 2 saturated heterocycles. The predicted molar refractivity (Wildman–Crippen MR) is 89.0 cm³/mol. The minimum Gasteiger partial charge on any atom is -0.341 e. The first-order valence-electron chi connectivity index (χ1n) is 8.66. The van der Waals surface area contributed by atoms with Gasteiger partial charge in [-0.1, -0.05) is 19.1 Å². The molecule has 134 valence electrons. The molecule has 1 aromatic carbocycles. The second-order valence-corrected chi connectivity index (χ2v) is 6.53. The molecule has 1 N–H and O–H groups in total. The van der Waals surface area contributed by atoms with Gasteiger partial charge in [-0.2, -0.15) is 0 Å². The third kappa shape index (κ3) is 3.10. The Balaban J connectivity index is 1.80. The van der Waals surface area contributed by atoms with Gasteiger partial charge in [0.1, 0.15) is 17.9 Å². The minimum atomic E-state index is -1.24. The maximum atomic E-state index is 13.2. The van der Waals surface area contributed by atoms with Crippen LogP contribution in [0.15, 0.2) is 24.3 Å². The van der Waals surface area contributed by atoms with Gasteiger partial charge in [0.2, 0.25) is 5.91 Å². The zero-order valence-electron chi connectivity index (χ0n) is 14.3. The summed E-state index contributed by atoms with van der Waals surface area (Å²) < 4.78 is 13.2. The monoisotopic (exact) mass is 347 g/mol. The number of halogens is 1. The van der Waals surface area contributed by atoms with Crippen molar-refractivity contribution < 1.29 is 18.8 Å². The van der Waals surface area contributed by atoms with E-state index in [1.165, 1.54) is 24.3 Å². The van der Waals surface area contributed by atoms with E-state index >= 15 is 0 Å². The van der Waals surface area contributed by atoms with E-state index in [1.807, 2.05) is 0 Å². The van der Waals surface area contributed by atoms with Crippen molar-refractivity contribution in [2.24, 2.45) is 0 Å². The van der Waals surface area contributed by atoms with Crippen LogP contribution >= 0.6 is 0 Å². The van der Waals surface area contributed by atoms with Crippen molar-refractivity contribution in [2.75, 3.05) is 19.6 Å². The standard InChI is InChI=1S/C18H22FN3O3/c1-2-18(13-6-8-14(19)9-7-13)16(24)22(17(25)20-18)12-15(23)21-10-4-3-5-11-21/h6-9H,2-5,10-12H2,1H3,(H,20,25). The molecular weight excluding hydrogens is 325 g/mol. The predicted octanol–water partition coefficient (Wildman–Crippen LogP) is 2.00. The summed E-state index contributed by atoms with van der Waals surface area (Å²) in [5, 5.41) is 2.71. The van der Waals surface area contributed by atoms with Crippen LogP contribution in [0.5, 0.6) is 0 Å². The highest BCUT2D eigenvalue weighted by atomic mass is 19.1. The van der Waals surface area contributed by atoms with Crippen LogP contribution in [0.25, 0.3) is 0 Å². The number of imide groups is 1. The second-order valence-electron chi connectivity index (χ2n) is 6.53. The molecule has 6 nitrogen and oxygen atoms in total. The molecule has 1 aromatic rings. The van der Waals surface area contributed by atoms with Crippen molar-refractivity contribution in [3.63, 3.8) is 0 Å². The molecule has 2 aliphatic rings. The Morgan fingerprint density at radius 2 is 1.80 bits per heavy atom. The molecule has 0 bridgehead atoms. The lowest BCUT2D eigenvalue weighted by atomic mass is 9.87. The van der Waals surface area contributed by atoms with Gasteiger partial charge in [-0.25, -0.2) is 9.18 Å². The zero-order valence-corrected chi connectivity index (χ0v) is 14.3. The Morgan fingerprint density at radius 1 is 1.16 bits per heavy atom. The van der Waals surface area contributed by atoms with Crippen molar-refractivity contribution in [3.8, 4) is 0 Å². The number of benzene rings is 1. The van der Waals surface area contributed by atoms with Gasteiger partial charge in [0.05, 0.1) is 0 Å². The molecule has 25 heavy (non-hydrogen) atoms. The smallest absolute Gasteiger partial charge is 0.325 e. The largest absolute Gasteiger partial charge is 0.341 e. The summed E-state index contributed by atoms with van der Waals surface area (Å²) in [6, 6.07) is 4.92. The summed E-state index contributed by atoms with van der Waals surface area (Å²) in [6.07, 6.45) is 3.30. The Hall–Kier alpha value is -2.44. The van der Waals surface area contributed by atoms with Gasteiger partial charge in [-0.15, -0.1) is 0 Å². The fourth-order valence-electron chi connectivity index (χ4n) is 3.52. The van der Waals surface area contributed by atoms with Crippen LogP contribution in [-0.2, 0) is 15.1 Å². The normalized spacial score (nSPS) is 23.8. The van der Waals surface area contributed by atoms with Gasteiger partial charge in [-0.05, 0) is 43.4 Å². The summed E-state index contributed by atoms with van der Waals surface area (Å²) in [5.74, 6) is -1.09. The van der Waals surface area contributed by atoms with Gasteiger partial charge >= 0.3 is 6.03 Å². The van der Waals surface area contributed by atoms with E-state index in [0.29, 0.717) is 25.1 Å². The highest BCUT2D eigenvalue weighted by molar-refractivity contribution is 6.09. The molecule has 1 unspecified atom stereocenters. The Morgan fingerprint density at radius 3 is 2.40 bits per heavy atom. The fraction of sp³-hybridized carbons (Fsp3) is 0.500. The SMILES string of the molecule is CCC1(c2ccc(F)cc2)NC(=O)N(CC(=O)N2CCCCC2)C1=O. The Bertz CT molecular complexity index is 685. The van der Waals surface area contributed by atoms with Gasteiger partial charge in [0.15, 0.2) is 0 Å². The third-order valence-electron chi connectivity index (χ3n) is 5.05. The number of piperidine rings is 1. The van der Waals surface area contributed by atoms with Crippen molar-refractivity contribution in [2.45, 2.75) is 38.1 Å². The first kappa shape index (κ1) is 17.4. The molecule has 4 amide bonds. The number of amides is 4. The lowest BCUT2D eigenvalue weighted by molar-refractivity contribution is -0.139. The molecular formula is C18H22FN3O3. The van der Waals surface area contributed by atoms with Crippen LogP contribution in [0.2, 0.25) is 0 Å². The van der Waals surface area contributed by atoms with E-state index in [2.05, 4.69) is 5.32 Å². The molecule has 0 spiro atoms. The molecule has 3 rings (SSSR count). The fourth-order valence-corrected chi connectivity index (χ4v) is 3.52. The van der Waals surface area contributed by atoms with Gasteiger partial charge in [0, 0.05) is 13.1 Å². The van der Waals surface area contributed by atoms with Crippen LogP contribution in [-0.4, -0.2) is 47.3 Å². The first-order chi connectivity index (χ1) is 12.0. The van der Waals surface area contributed by atoms with Crippen LogP contribution in [0, 0.1) is 5.82 Å². The van der Waals surface area contributed by atoms with Crippen molar-refractivity contribution >= 4 is 17.8 Å². The quantitative estimate of drug-likeness (QED) is 0.847. The number of hydrogen-bond acceptors (Lipinski definition) is 3. The highest BCUT2D eigenvalue weighted by Crippen LogP contribution is 2.32. The number of nitrogens with zero attached hydrogens (tertiary/aromatic N) is 2. The summed E-state index contributed by atoms with van der Waals surface area (Å²) in [6.45, 7) is 2.85. The van der Waals surface area contributed by atoms with Crippen molar-refractivity contribution in [3.05, 3.63) is 35.6 Å². The maximum Gasteiger partial charge on any atom is 0.325 e. The lowest BCUT2D eigenvalue weighted by Crippen LogP contribution is -2.46. The van der Waals surface area contributed by atoms with Gasteiger partial charge in [-0.3, -0.25) is 14.5 Å². The number of urea groups is 1. The molecule has 0 radical (unpaired) electrons. The van der Waals surface area contributed by atoms with Crippen molar-refractivity contribution in [1.29, 1.82) is 0 Å². The van der Waals surface area contributed by atoms with Gasteiger partial charge < -0.3 is 10.2 Å². The second kappa shape index (κ2) is 6.82. The summed E-state index contributed by atoms with van der Waals surface area (Å²) >= 11 is 0. The van der Waals surface area contributed by atoms with E-state index < -0.39 is 23.3 Å². The number of nitrogens with one attached hydrogen (secondary N) is 1. The van der Waals surface area contributed by atoms with Crippen LogP contribution in [0.4, 0.5) is 9.18 Å². The van der Waals surface area contributed by atoms with Crippen LogP contribution in [0.1, 0.15) is 38.2 Å². The molecule has 0 saturated carbocycles. The van der Waals surface area contributed by atoms with Crippen molar-refractivity contribution in [1.82, 2.24) is 15.1 Å². The first-order valence-corrected chi connectivity index (χ1v) is 8.66. The molecule has 0 aliphatic carbocycles. The van der Waals surface area contributed by atoms with Crippen LogP contribution in [0.3, 0.4) is 0 Å². The topological polar surface area (TPSA) is 69.7 Å². The lowest BCUT2D eigenvalue weighted by Gasteiger charge is -2.28. The molecule has 2 fully saturated rings. The summed E-state index contributed by atoms with van der Waals surface area (Å²) in [5.41, 5.74) is -0.727. The highest BCUT2D eigenvalue weighted by Gasteiger charge is 2.51. The Kier molecular flexibility index (Phi) is 4.74. The molecule has 2 heterocycles. The summed E-state index contributed by atoms with van der Waals surface area (Å²) in [4.78, 5) is 40.4. The van der Waals surface area contributed by atoms with E-state index in [1.54, 1.807) is 11.8 Å². The maximum absolute atomic E-state index is 13.2. The zero-order chi connectivity index (χ0) is 18.0. The van der Waals surface area contributed by atoms with E-state index in [4.69, 9.17) is 0 Å². The van der Waals surface area contributed by atoms with Gasteiger partial charge in [0.25, 0.3) is 5.91 Å². The van der Waals surface area contributed by atoms with E-state index in [0.717, 1.165) is 24.2 Å². The number of likely N-dealkylation sites (tertiary alicyclic amines) is 1. The number of rotatable bonds is 4. The summed E-state index contributed by atoms with van der Waals surface area (Å²) in [7, 11) is 0. The molecule has 1 atom stereocenters. The molecule has 0 aromatic heterocycles. The molecule has 2 aliphatic heterocycles. The Labute approximate surface area is 146 Å². The third-order valence-corrected chi connectivity index (χ3v) is 5.05. The minimum absolute atomic E-state index is 0.214. The average molecular weight is 347 g/mol. The van der Waals surface area contributed by atoms with Crippen LogP contribution < -0.4 is 5.32 Å².